The second-order valence-corrected chi connectivity index (χ2v) is 12.4. The highest BCUT2D eigenvalue weighted by Gasteiger charge is 2.49. The molecule has 1 spiro atoms. The zero-order chi connectivity index (χ0) is 28.7. The zero-order valence-corrected chi connectivity index (χ0v) is 24.2. The Hall–Kier alpha value is -3.34. The lowest BCUT2D eigenvalue weighted by atomic mass is 9.72. The van der Waals surface area contributed by atoms with Crippen molar-refractivity contribution in [1.29, 1.82) is 0 Å². The van der Waals surface area contributed by atoms with E-state index in [2.05, 4.69) is 30.3 Å². The first-order valence-corrected chi connectivity index (χ1v) is 15.0. The summed E-state index contributed by atoms with van der Waals surface area (Å²) >= 11 is 0. The minimum Gasteiger partial charge on any atom is -0.434 e. The molecule has 4 heterocycles. The first-order chi connectivity index (χ1) is 19.8. The van der Waals surface area contributed by atoms with Crippen LogP contribution < -0.4 is 15.0 Å². The number of benzene rings is 1. The topological polar surface area (TPSA) is 104 Å². The van der Waals surface area contributed by atoms with E-state index in [-0.39, 0.29) is 46.5 Å². The Morgan fingerprint density at radius 3 is 2.73 bits per heavy atom. The van der Waals surface area contributed by atoms with Gasteiger partial charge in [-0.3, -0.25) is 9.59 Å². The number of hydrogen-bond acceptors (Lipinski definition) is 8. The number of rotatable bonds is 7. The Labute approximate surface area is 240 Å². The van der Waals surface area contributed by atoms with Crippen molar-refractivity contribution in [2.24, 2.45) is 17.3 Å². The van der Waals surface area contributed by atoms with Gasteiger partial charge in [-0.15, -0.1) is 10.2 Å². The maximum atomic E-state index is 14.2. The Morgan fingerprint density at radius 2 is 2.00 bits per heavy atom. The van der Waals surface area contributed by atoms with Crippen molar-refractivity contribution in [1.82, 2.24) is 30.3 Å². The lowest BCUT2D eigenvalue weighted by molar-refractivity contribution is -0.136. The molecule has 0 unspecified atom stereocenters. The van der Waals surface area contributed by atoms with E-state index < -0.39 is 5.82 Å². The molecular formula is C30H40FN7O3. The fourth-order valence-corrected chi connectivity index (χ4v) is 7.39. The average Bonchev–Trinajstić information content (AvgIpc) is 3.57. The molecule has 0 bridgehead atoms. The van der Waals surface area contributed by atoms with Gasteiger partial charge >= 0.3 is 0 Å². The molecule has 220 valence electrons. The molecule has 2 amide bonds. The summed E-state index contributed by atoms with van der Waals surface area (Å²) < 4.78 is 20.3. The first kappa shape index (κ1) is 27.8. The minimum absolute atomic E-state index is 0.00517. The number of fused-ring (bicyclic) bond motifs is 1. The summed E-state index contributed by atoms with van der Waals surface area (Å²) in [6, 6.07) is 3.86. The van der Waals surface area contributed by atoms with Crippen molar-refractivity contribution in [2.45, 2.75) is 65.0 Å². The maximum Gasteiger partial charge on any atom is 0.282 e. The SMILES string of the molecule is CCN(C(=O)c1cc(F)ccc1Oc1nncnc1N1CC2(CCN(C(=O)[C@H]3NC[C@@H]4CCC[C@@H]43)CC2)C1)C(C)C. The van der Waals surface area contributed by atoms with Gasteiger partial charge in [0.15, 0.2) is 5.82 Å². The van der Waals surface area contributed by atoms with E-state index in [0.29, 0.717) is 24.2 Å². The third kappa shape index (κ3) is 5.24. The zero-order valence-electron chi connectivity index (χ0n) is 24.2. The van der Waals surface area contributed by atoms with Crippen molar-refractivity contribution < 1.29 is 18.7 Å². The van der Waals surface area contributed by atoms with Crippen LogP contribution in [0.3, 0.4) is 0 Å². The van der Waals surface area contributed by atoms with Gasteiger partial charge in [-0.1, -0.05) is 6.42 Å². The highest BCUT2D eigenvalue weighted by atomic mass is 19.1. The number of ether oxygens (including phenoxy) is 1. The van der Waals surface area contributed by atoms with Crippen LogP contribution in [0, 0.1) is 23.1 Å². The first-order valence-electron chi connectivity index (χ1n) is 15.0. The number of aromatic nitrogens is 3. The van der Waals surface area contributed by atoms with Crippen molar-refractivity contribution in [2.75, 3.05) is 44.2 Å². The van der Waals surface area contributed by atoms with Crippen LogP contribution in [0.2, 0.25) is 0 Å². The lowest BCUT2D eigenvalue weighted by Crippen LogP contribution is -2.62. The van der Waals surface area contributed by atoms with Gasteiger partial charge in [-0.05, 0) is 83.0 Å². The van der Waals surface area contributed by atoms with Crippen LogP contribution in [0.25, 0.3) is 0 Å². The fraction of sp³-hybridized carbons (Fsp3) is 0.633. The molecule has 3 atom stereocenters. The van der Waals surface area contributed by atoms with E-state index in [1.165, 1.54) is 43.8 Å². The standard InChI is InChI=1S/C30H40FN7O3/c1-4-38(19(2)3)28(39)23-14-21(31)8-9-24(23)41-27-26(33-18-34-35-27)37-16-30(17-37)10-12-36(13-11-30)29(40)25-22-7-5-6-20(22)15-32-25/h8-9,14,18-20,22,25,32H,4-7,10-13,15-17H2,1-3H3/t20-,22-,25-/m0/s1. The number of hydrogen-bond donors (Lipinski definition) is 1. The normalized spacial score (nSPS) is 24.9. The van der Waals surface area contributed by atoms with Crippen molar-refractivity contribution in [3.05, 3.63) is 35.9 Å². The van der Waals surface area contributed by atoms with E-state index in [1.54, 1.807) is 4.90 Å². The summed E-state index contributed by atoms with van der Waals surface area (Å²) in [6.45, 7) is 10.3. The molecule has 4 fully saturated rings. The summed E-state index contributed by atoms with van der Waals surface area (Å²) in [7, 11) is 0. The largest absolute Gasteiger partial charge is 0.434 e. The van der Waals surface area contributed by atoms with Gasteiger partial charge in [-0.25, -0.2) is 9.37 Å². The molecular weight excluding hydrogens is 525 g/mol. The molecule has 1 aromatic heterocycles. The third-order valence-corrected chi connectivity index (χ3v) is 9.67. The summed E-state index contributed by atoms with van der Waals surface area (Å²) in [5, 5.41) is 11.6. The molecule has 2 aromatic rings. The number of halogens is 1. The Morgan fingerprint density at radius 1 is 1.22 bits per heavy atom. The van der Waals surface area contributed by atoms with Gasteiger partial charge in [0, 0.05) is 44.2 Å². The Kier molecular flexibility index (Phi) is 7.56. The number of piperidine rings is 1. The molecule has 0 radical (unpaired) electrons. The predicted molar refractivity (Wildman–Crippen MR) is 151 cm³/mol. The monoisotopic (exact) mass is 565 g/mol. The highest BCUT2D eigenvalue weighted by Crippen LogP contribution is 2.45. The molecule has 6 rings (SSSR count). The van der Waals surface area contributed by atoms with Gasteiger partial charge < -0.3 is 24.8 Å². The van der Waals surface area contributed by atoms with Crippen LogP contribution in [0.5, 0.6) is 11.6 Å². The average molecular weight is 566 g/mol. The summed E-state index contributed by atoms with van der Waals surface area (Å²) in [5.74, 6) is 1.58. The summed E-state index contributed by atoms with van der Waals surface area (Å²) in [6.07, 6.45) is 6.94. The molecule has 11 heteroatoms. The van der Waals surface area contributed by atoms with Crippen LogP contribution in [0.4, 0.5) is 10.2 Å². The molecule has 41 heavy (non-hydrogen) atoms. The van der Waals surface area contributed by atoms with Crippen LogP contribution in [-0.4, -0.2) is 88.1 Å². The van der Waals surface area contributed by atoms with Crippen LogP contribution >= 0.6 is 0 Å². The number of nitrogens with zero attached hydrogens (tertiary/aromatic N) is 6. The molecule has 1 aliphatic carbocycles. The van der Waals surface area contributed by atoms with Crippen LogP contribution in [0.1, 0.15) is 63.2 Å². The highest BCUT2D eigenvalue weighted by molar-refractivity contribution is 5.97. The van der Waals surface area contributed by atoms with Gasteiger partial charge in [0.25, 0.3) is 11.8 Å². The molecule has 1 saturated carbocycles. The number of anilines is 1. The molecule has 3 aliphatic heterocycles. The van der Waals surface area contributed by atoms with Crippen molar-refractivity contribution in [3.63, 3.8) is 0 Å². The maximum absolute atomic E-state index is 14.2. The third-order valence-electron chi connectivity index (χ3n) is 9.67. The second kappa shape index (κ2) is 11.2. The van der Waals surface area contributed by atoms with Crippen molar-refractivity contribution in [3.8, 4) is 11.6 Å². The van der Waals surface area contributed by atoms with Gasteiger partial charge in [0.1, 0.15) is 17.9 Å². The van der Waals surface area contributed by atoms with Gasteiger partial charge in [-0.2, -0.15) is 0 Å². The summed E-state index contributed by atoms with van der Waals surface area (Å²) in [5.41, 5.74) is 0.253. The van der Waals surface area contributed by atoms with Gasteiger partial charge in [0.05, 0.1) is 11.6 Å². The van der Waals surface area contributed by atoms with Gasteiger partial charge in [0.2, 0.25) is 5.91 Å². The Bertz CT molecular complexity index is 1290. The van der Waals surface area contributed by atoms with E-state index in [4.69, 9.17) is 4.74 Å². The smallest absolute Gasteiger partial charge is 0.282 e. The number of nitrogens with one attached hydrogen (secondary N) is 1. The van der Waals surface area contributed by atoms with Crippen LogP contribution in [-0.2, 0) is 4.79 Å². The number of amides is 2. The van der Waals surface area contributed by atoms with E-state index in [9.17, 15) is 14.0 Å². The van der Waals surface area contributed by atoms with Crippen LogP contribution in [0.15, 0.2) is 24.5 Å². The number of carbonyl (C=O) groups excluding carboxylic acids is 2. The fourth-order valence-electron chi connectivity index (χ4n) is 7.39. The lowest BCUT2D eigenvalue weighted by Gasteiger charge is -2.54. The Balaban J connectivity index is 1.11. The van der Waals surface area contributed by atoms with Crippen molar-refractivity contribution >= 4 is 17.6 Å². The molecule has 1 aromatic carbocycles. The number of carbonyl (C=O) groups is 2. The minimum atomic E-state index is -0.515. The van der Waals surface area contributed by atoms with E-state index in [1.807, 2.05) is 20.8 Å². The molecule has 1 N–H and O–H groups in total. The molecule has 4 aliphatic rings. The summed E-state index contributed by atoms with van der Waals surface area (Å²) in [4.78, 5) is 36.9. The quantitative estimate of drug-likeness (QED) is 0.544. The molecule has 10 nitrogen and oxygen atoms in total. The number of likely N-dealkylation sites (tertiary alicyclic amines) is 1. The molecule has 3 saturated heterocycles. The predicted octanol–water partition coefficient (Wildman–Crippen LogP) is 3.49. The van der Waals surface area contributed by atoms with E-state index >= 15 is 0 Å². The second-order valence-electron chi connectivity index (χ2n) is 12.4. The van der Waals surface area contributed by atoms with E-state index in [0.717, 1.165) is 45.6 Å².